The highest BCUT2D eigenvalue weighted by molar-refractivity contribution is 7.11. The molecule has 2 aromatic rings. The summed E-state index contributed by atoms with van der Waals surface area (Å²) in [7, 11) is 4.07. The van der Waals surface area contributed by atoms with Crippen LogP contribution in [0.4, 0.5) is 0 Å². The predicted octanol–water partition coefficient (Wildman–Crippen LogP) is 2.78. The van der Waals surface area contributed by atoms with Gasteiger partial charge in [-0.05, 0) is 62.1 Å². The highest BCUT2D eigenvalue weighted by Gasteiger charge is 2.42. The lowest BCUT2D eigenvalue weighted by molar-refractivity contribution is -0.138. The molecule has 0 bridgehead atoms. The number of likely N-dealkylation sites (N-methyl/N-ethyl adjacent to an activating group) is 1. The van der Waals surface area contributed by atoms with Crippen LogP contribution in [0.2, 0.25) is 0 Å². The van der Waals surface area contributed by atoms with Crippen molar-refractivity contribution < 1.29 is 19.1 Å². The number of rotatable bonds is 5. The first-order valence-electron chi connectivity index (χ1n) is 10.5. The number of carbonyl (C=O) groups excluding carboxylic acids is 2. The minimum atomic E-state index is -0.236. The van der Waals surface area contributed by atoms with Crippen LogP contribution in [0.1, 0.15) is 23.3 Å². The summed E-state index contributed by atoms with van der Waals surface area (Å²) in [5.41, 5.74) is 1.87. The van der Waals surface area contributed by atoms with E-state index in [0.29, 0.717) is 22.8 Å². The zero-order valence-electron chi connectivity index (χ0n) is 17.7. The molecule has 0 N–H and O–H groups in total. The van der Waals surface area contributed by atoms with Crippen molar-refractivity contribution in [1.29, 1.82) is 0 Å². The molecule has 3 aliphatic rings. The van der Waals surface area contributed by atoms with Crippen LogP contribution in [-0.2, 0) is 16.1 Å². The molecule has 5 rings (SSSR count). The van der Waals surface area contributed by atoms with E-state index >= 15 is 0 Å². The number of piperidine rings is 1. The Kier molecular flexibility index (Phi) is 5.19. The van der Waals surface area contributed by atoms with Gasteiger partial charge in [-0.25, -0.2) is 0 Å². The zero-order valence-corrected chi connectivity index (χ0v) is 18.5. The normalized spacial score (nSPS) is 19.6. The number of benzene rings is 1. The molecule has 1 saturated heterocycles. The van der Waals surface area contributed by atoms with E-state index in [1.165, 1.54) is 16.2 Å². The smallest absolute Gasteiger partial charge is 0.278 e. The van der Waals surface area contributed by atoms with Gasteiger partial charge in [0, 0.05) is 18.0 Å². The monoisotopic (exact) mass is 439 g/mol. The van der Waals surface area contributed by atoms with Gasteiger partial charge in [0.25, 0.3) is 11.8 Å². The van der Waals surface area contributed by atoms with Crippen molar-refractivity contribution in [2.24, 2.45) is 0 Å². The fourth-order valence-electron chi connectivity index (χ4n) is 4.46. The Balaban J connectivity index is 1.45. The Morgan fingerprint density at radius 3 is 2.61 bits per heavy atom. The van der Waals surface area contributed by atoms with Gasteiger partial charge in [0.05, 0.1) is 12.1 Å². The van der Waals surface area contributed by atoms with Crippen LogP contribution in [-0.4, -0.2) is 66.5 Å². The van der Waals surface area contributed by atoms with Gasteiger partial charge >= 0.3 is 0 Å². The van der Waals surface area contributed by atoms with Crippen LogP contribution < -0.4 is 9.47 Å². The van der Waals surface area contributed by atoms with Crippen molar-refractivity contribution >= 4 is 28.7 Å². The Hall–Kier alpha value is -2.84. The van der Waals surface area contributed by atoms with Crippen LogP contribution in [0.3, 0.4) is 0 Å². The van der Waals surface area contributed by atoms with Gasteiger partial charge < -0.3 is 19.3 Å². The molecule has 0 aliphatic carbocycles. The Bertz CT molecular complexity index is 1040. The second-order valence-corrected chi connectivity index (χ2v) is 9.18. The average molecular weight is 440 g/mol. The van der Waals surface area contributed by atoms with Gasteiger partial charge in [0.2, 0.25) is 6.79 Å². The van der Waals surface area contributed by atoms with Crippen LogP contribution >= 0.6 is 11.3 Å². The number of hydrogen-bond acceptors (Lipinski definition) is 7. The highest BCUT2D eigenvalue weighted by atomic mass is 32.1. The van der Waals surface area contributed by atoms with Crippen molar-refractivity contribution in [1.82, 2.24) is 14.7 Å². The molecule has 3 aliphatic heterocycles. The molecule has 0 spiro atoms. The molecule has 162 valence electrons. The molecule has 7 nitrogen and oxygen atoms in total. The summed E-state index contributed by atoms with van der Waals surface area (Å²) in [5, 5.41) is 1.94. The quantitative estimate of drug-likeness (QED) is 0.668. The number of amides is 2. The molecule has 0 atom stereocenters. The van der Waals surface area contributed by atoms with Crippen LogP contribution in [0.15, 0.2) is 41.4 Å². The summed E-state index contributed by atoms with van der Waals surface area (Å²) in [6, 6.07) is 9.60. The van der Waals surface area contributed by atoms with Gasteiger partial charge in [0.15, 0.2) is 11.5 Å². The molecule has 31 heavy (non-hydrogen) atoms. The third-order valence-electron chi connectivity index (χ3n) is 6.28. The SMILES string of the molecule is CN1CCC(N(C)C2=C(c3cccs3)C(=O)N(Cc3ccc4c(c3)OCO4)C2=O)CC1. The number of fused-ring (bicyclic) bond motifs is 1. The van der Waals surface area contributed by atoms with E-state index in [1.54, 1.807) is 0 Å². The molecule has 0 saturated carbocycles. The summed E-state index contributed by atoms with van der Waals surface area (Å²) in [5.74, 6) is 0.863. The van der Waals surface area contributed by atoms with Gasteiger partial charge in [-0.3, -0.25) is 14.5 Å². The lowest BCUT2D eigenvalue weighted by Crippen LogP contribution is -2.43. The topological polar surface area (TPSA) is 62.3 Å². The maximum absolute atomic E-state index is 13.6. The first-order valence-corrected chi connectivity index (χ1v) is 11.3. The lowest BCUT2D eigenvalue weighted by atomic mass is 10.0. The van der Waals surface area contributed by atoms with E-state index in [9.17, 15) is 9.59 Å². The Morgan fingerprint density at radius 2 is 1.87 bits per heavy atom. The van der Waals surface area contributed by atoms with Crippen molar-refractivity contribution in [2.75, 3.05) is 34.0 Å². The van der Waals surface area contributed by atoms with E-state index in [-0.39, 0.29) is 31.2 Å². The summed E-state index contributed by atoms with van der Waals surface area (Å²) in [6.07, 6.45) is 1.94. The van der Waals surface area contributed by atoms with Crippen LogP contribution in [0.5, 0.6) is 11.5 Å². The molecule has 1 aromatic carbocycles. The molecular formula is C23H25N3O4S. The molecular weight excluding hydrogens is 414 g/mol. The van der Waals surface area contributed by atoms with Crippen molar-refractivity contribution in [3.63, 3.8) is 0 Å². The maximum atomic E-state index is 13.6. The second-order valence-electron chi connectivity index (χ2n) is 8.23. The minimum Gasteiger partial charge on any atom is -0.454 e. The summed E-state index contributed by atoms with van der Waals surface area (Å²) >= 11 is 1.49. The van der Waals surface area contributed by atoms with E-state index in [2.05, 4.69) is 11.9 Å². The highest BCUT2D eigenvalue weighted by Crippen LogP contribution is 2.37. The molecule has 0 radical (unpaired) electrons. The number of nitrogens with zero attached hydrogens (tertiary/aromatic N) is 3. The first kappa shape index (κ1) is 20.1. The van der Waals surface area contributed by atoms with Crippen molar-refractivity contribution in [3.05, 3.63) is 51.8 Å². The van der Waals surface area contributed by atoms with Gasteiger partial charge in [0.1, 0.15) is 5.70 Å². The number of carbonyl (C=O) groups is 2. The third-order valence-corrected chi connectivity index (χ3v) is 7.16. The third kappa shape index (κ3) is 3.59. The number of hydrogen-bond donors (Lipinski definition) is 0. The van der Waals surface area contributed by atoms with Gasteiger partial charge in [-0.1, -0.05) is 12.1 Å². The van der Waals surface area contributed by atoms with Crippen LogP contribution in [0, 0.1) is 0 Å². The van der Waals surface area contributed by atoms with E-state index < -0.39 is 0 Å². The number of likely N-dealkylation sites (tertiary alicyclic amines) is 1. The van der Waals surface area contributed by atoms with Crippen LogP contribution in [0.25, 0.3) is 5.57 Å². The zero-order chi connectivity index (χ0) is 21.5. The number of imide groups is 1. The van der Waals surface area contributed by atoms with E-state index in [4.69, 9.17) is 9.47 Å². The largest absolute Gasteiger partial charge is 0.454 e. The first-order chi connectivity index (χ1) is 15.0. The van der Waals surface area contributed by atoms with Gasteiger partial charge in [-0.2, -0.15) is 0 Å². The molecule has 1 fully saturated rings. The predicted molar refractivity (Wildman–Crippen MR) is 118 cm³/mol. The standard InChI is InChI=1S/C23H25N3O4S/c1-24-9-7-16(8-10-24)25(2)21-20(19-4-3-11-31-19)22(27)26(23(21)28)13-15-5-6-17-18(12-15)30-14-29-17/h3-6,11-12,16H,7-10,13-14H2,1-2H3. The molecule has 0 unspecified atom stereocenters. The molecule has 8 heteroatoms. The summed E-state index contributed by atoms with van der Waals surface area (Å²) in [4.78, 5) is 33.5. The lowest BCUT2D eigenvalue weighted by Gasteiger charge is -2.36. The fraction of sp³-hybridized carbons (Fsp3) is 0.391. The number of thiophene rings is 1. The minimum absolute atomic E-state index is 0.190. The number of ether oxygens (including phenoxy) is 2. The maximum Gasteiger partial charge on any atom is 0.278 e. The van der Waals surface area contributed by atoms with Crippen molar-refractivity contribution in [2.45, 2.75) is 25.4 Å². The summed E-state index contributed by atoms with van der Waals surface area (Å²) in [6.45, 7) is 2.36. The Labute approximate surface area is 185 Å². The van der Waals surface area contributed by atoms with E-state index in [1.807, 2.05) is 47.7 Å². The molecule has 1 aromatic heterocycles. The van der Waals surface area contributed by atoms with Crippen molar-refractivity contribution in [3.8, 4) is 11.5 Å². The average Bonchev–Trinajstić information content (AvgIpc) is 3.50. The van der Waals surface area contributed by atoms with E-state index in [0.717, 1.165) is 36.4 Å². The molecule has 4 heterocycles. The molecule has 2 amide bonds. The fourth-order valence-corrected chi connectivity index (χ4v) is 5.23. The Morgan fingerprint density at radius 1 is 1.10 bits per heavy atom. The summed E-state index contributed by atoms with van der Waals surface area (Å²) < 4.78 is 10.8. The second kappa shape index (κ2) is 8.01. The van der Waals surface area contributed by atoms with Gasteiger partial charge in [-0.15, -0.1) is 11.3 Å².